The van der Waals surface area contributed by atoms with Crippen LogP contribution in [-0.4, -0.2) is 40.6 Å². The van der Waals surface area contributed by atoms with Gasteiger partial charge in [-0.3, -0.25) is 0 Å². The third-order valence-corrected chi connectivity index (χ3v) is 2.97. The van der Waals surface area contributed by atoms with Gasteiger partial charge in [0.2, 0.25) is 0 Å². The first kappa shape index (κ1) is 15.2. The van der Waals surface area contributed by atoms with Gasteiger partial charge in [0.25, 0.3) is 0 Å². The topological polar surface area (TPSA) is 67.3 Å². The molecule has 0 aliphatic carbocycles. The van der Waals surface area contributed by atoms with Crippen molar-refractivity contribution in [3.63, 3.8) is 0 Å². The van der Waals surface area contributed by atoms with Crippen LogP contribution >= 0.6 is 11.8 Å². The van der Waals surface area contributed by atoms with Crippen molar-refractivity contribution in [1.29, 1.82) is 0 Å². The van der Waals surface area contributed by atoms with E-state index in [4.69, 9.17) is 9.84 Å². The molecular formula is C12H21N3O2S. The van der Waals surface area contributed by atoms with E-state index in [0.29, 0.717) is 24.8 Å². The van der Waals surface area contributed by atoms with Crippen molar-refractivity contribution in [2.75, 3.05) is 30.8 Å². The van der Waals surface area contributed by atoms with Crippen LogP contribution in [0.25, 0.3) is 0 Å². The molecular weight excluding hydrogens is 250 g/mol. The van der Waals surface area contributed by atoms with Crippen LogP contribution in [-0.2, 0) is 11.3 Å². The maximum absolute atomic E-state index is 8.84. The van der Waals surface area contributed by atoms with Crippen molar-refractivity contribution < 1.29 is 9.84 Å². The Bertz CT molecular complexity index is 285. The molecule has 6 heteroatoms. The van der Waals surface area contributed by atoms with E-state index in [1.165, 1.54) is 11.8 Å². The molecule has 0 unspecified atom stereocenters. The standard InChI is InChI=1S/C12H21N3O2S/c1-3-5-13-10-8-12(18-7-6-16)15-11(14-10)9-17-4-2/h8,16H,3-7,9H2,1-2H3,(H,13,14,15). The molecule has 1 aromatic heterocycles. The number of aliphatic hydroxyl groups excluding tert-OH is 1. The number of aromatic nitrogens is 2. The first-order chi connectivity index (χ1) is 8.80. The second kappa shape index (κ2) is 9.13. The molecule has 0 spiro atoms. The average Bonchev–Trinajstić information content (AvgIpc) is 2.40. The number of hydrogen-bond acceptors (Lipinski definition) is 6. The summed E-state index contributed by atoms with van der Waals surface area (Å²) < 4.78 is 5.33. The lowest BCUT2D eigenvalue weighted by Crippen LogP contribution is -2.07. The van der Waals surface area contributed by atoms with Crippen molar-refractivity contribution in [3.8, 4) is 0 Å². The normalized spacial score (nSPS) is 10.6. The summed E-state index contributed by atoms with van der Waals surface area (Å²) in [5.41, 5.74) is 0. The molecule has 0 fully saturated rings. The van der Waals surface area contributed by atoms with Gasteiger partial charge in [-0.15, -0.1) is 11.8 Å². The zero-order chi connectivity index (χ0) is 13.2. The van der Waals surface area contributed by atoms with E-state index in [9.17, 15) is 0 Å². The Morgan fingerprint density at radius 3 is 2.89 bits per heavy atom. The van der Waals surface area contributed by atoms with Crippen LogP contribution in [0, 0.1) is 0 Å². The molecule has 1 heterocycles. The third kappa shape index (κ3) is 5.66. The molecule has 0 saturated heterocycles. The quantitative estimate of drug-likeness (QED) is 0.528. The van der Waals surface area contributed by atoms with Crippen molar-refractivity contribution in [2.45, 2.75) is 31.9 Å². The maximum Gasteiger partial charge on any atom is 0.157 e. The zero-order valence-electron chi connectivity index (χ0n) is 11.0. The van der Waals surface area contributed by atoms with Gasteiger partial charge in [0.15, 0.2) is 5.82 Å². The van der Waals surface area contributed by atoms with Crippen LogP contribution in [0.1, 0.15) is 26.1 Å². The van der Waals surface area contributed by atoms with Crippen LogP contribution in [0.5, 0.6) is 0 Å². The number of anilines is 1. The second-order valence-corrected chi connectivity index (χ2v) is 4.76. The fraction of sp³-hybridized carbons (Fsp3) is 0.667. The van der Waals surface area contributed by atoms with Crippen LogP contribution < -0.4 is 5.32 Å². The molecule has 0 aliphatic heterocycles. The average molecular weight is 271 g/mol. The van der Waals surface area contributed by atoms with Gasteiger partial charge in [0.05, 0.1) is 6.61 Å². The lowest BCUT2D eigenvalue weighted by atomic mass is 10.4. The molecule has 18 heavy (non-hydrogen) atoms. The largest absolute Gasteiger partial charge is 0.396 e. The summed E-state index contributed by atoms with van der Waals surface area (Å²) in [6, 6.07) is 1.91. The highest BCUT2D eigenvalue weighted by Crippen LogP contribution is 2.18. The Labute approximate surface area is 112 Å². The van der Waals surface area contributed by atoms with Crippen molar-refractivity contribution in [3.05, 3.63) is 11.9 Å². The monoisotopic (exact) mass is 271 g/mol. The maximum atomic E-state index is 8.84. The molecule has 1 aromatic rings. The molecule has 0 bridgehead atoms. The number of hydrogen-bond donors (Lipinski definition) is 2. The molecule has 0 atom stereocenters. The first-order valence-electron chi connectivity index (χ1n) is 6.23. The zero-order valence-corrected chi connectivity index (χ0v) is 11.8. The summed E-state index contributed by atoms with van der Waals surface area (Å²) in [5.74, 6) is 2.14. The van der Waals surface area contributed by atoms with Gasteiger partial charge in [0.1, 0.15) is 17.5 Å². The summed E-state index contributed by atoms with van der Waals surface area (Å²) >= 11 is 1.52. The van der Waals surface area contributed by atoms with Gasteiger partial charge in [-0.25, -0.2) is 9.97 Å². The number of nitrogens with one attached hydrogen (secondary N) is 1. The number of nitrogens with zero attached hydrogens (tertiary/aromatic N) is 2. The van der Waals surface area contributed by atoms with E-state index < -0.39 is 0 Å². The first-order valence-corrected chi connectivity index (χ1v) is 7.22. The second-order valence-electron chi connectivity index (χ2n) is 3.64. The number of aliphatic hydroxyl groups is 1. The van der Waals surface area contributed by atoms with E-state index in [2.05, 4.69) is 22.2 Å². The van der Waals surface area contributed by atoms with Crippen LogP contribution in [0.3, 0.4) is 0 Å². The fourth-order valence-electron chi connectivity index (χ4n) is 1.30. The van der Waals surface area contributed by atoms with Gasteiger partial charge < -0.3 is 15.2 Å². The van der Waals surface area contributed by atoms with Crippen molar-refractivity contribution in [1.82, 2.24) is 9.97 Å². The van der Waals surface area contributed by atoms with Crippen LogP contribution in [0.4, 0.5) is 5.82 Å². The summed E-state index contributed by atoms with van der Waals surface area (Å²) in [5, 5.41) is 13.0. The fourth-order valence-corrected chi connectivity index (χ4v) is 1.96. The minimum Gasteiger partial charge on any atom is -0.396 e. The molecule has 5 nitrogen and oxygen atoms in total. The van der Waals surface area contributed by atoms with E-state index in [0.717, 1.165) is 23.8 Å². The van der Waals surface area contributed by atoms with Crippen LogP contribution in [0.15, 0.2) is 11.1 Å². The Morgan fingerprint density at radius 2 is 2.22 bits per heavy atom. The molecule has 0 radical (unpaired) electrons. The highest BCUT2D eigenvalue weighted by Gasteiger charge is 2.05. The number of ether oxygens (including phenoxy) is 1. The molecule has 102 valence electrons. The number of thioether (sulfide) groups is 1. The Morgan fingerprint density at radius 1 is 1.39 bits per heavy atom. The van der Waals surface area contributed by atoms with Gasteiger partial charge in [0, 0.05) is 25.0 Å². The Hall–Kier alpha value is -0.850. The lowest BCUT2D eigenvalue weighted by molar-refractivity contribution is 0.128. The predicted octanol–water partition coefficient (Wildman–Crippen LogP) is 1.92. The predicted molar refractivity (Wildman–Crippen MR) is 74.0 cm³/mol. The Balaban J connectivity index is 2.74. The minimum absolute atomic E-state index is 0.146. The molecule has 2 N–H and O–H groups in total. The van der Waals surface area contributed by atoms with Gasteiger partial charge >= 0.3 is 0 Å². The molecule has 0 aromatic carbocycles. The molecule has 0 amide bonds. The number of rotatable bonds is 9. The van der Waals surface area contributed by atoms with Crippen LogP contribution in [0.2, 0.25) is 0 Å². The van der Waals surface area contributed by atoms with E-state index >= 15 is 0 Å². The van der Waals surface area contributed by atoms with Crippen molar-refractivity contribution in [2.24, 2.45) is 0 Å². The van der Waals surface area contributed by atoms with Crippen molar-refractivity contribution >= 4 is 17.6 Å². The van der Waals surface area contributed by atoms with E-state index in [-0.39, 0.29) is 6.61 Å². The summed E-state index contributed by atoms with van der Waals surface area (Å²) in [6.45, 7) is 6.15. The third-order valence-electron chi connectivity index (χ3n) is 2.08. The SMILES string of the molecule is CCCNc1cc(SCCO)nc(COCC)n1. The summed E-state index contributed by atoms with van der Waals surface area (Å²) in [4.78, 5) is 8.79. The smallest absolute Gasteiger partial charge is 0.157 e. The summed E-state index contributed by atoms with van der Waals surface area (Å²) in [6.07, 6.45) is 1.05. The van der Waals surface area contributed by atoms with Gasteiger partial charge in [-0.05, 0) is 13.3 Å². The van der Waals surface area contributed by atoms with Gasteiger partial charge in [-0.2, -0.15) is 0 Å². The highest BCUT2D eigenvalue weighted by atomic mass is 32.2. The van der Waals surface area contributed by atoms with E-state index in [1.54, 1.807) is 0 Å². The summed E-state index contributed by atoms with van der Waals surface area (Å²) in [7, 11) is 0. The Kier molecular flexibility index (Phi) is 7.71. The molecule has 0 aliphatic rings. The minimum atomic E-state index is 0.146. The molecule has 1 rings (SSSR count). The van der Waals surface area contributed by atoms with Gasteiger partial charge in [-0.1, -0.05) is 6.92 Å². The highest BCUT2D eigenvalue weighted by molar-refractivity contribution is 7.99. The molecule has 0 saturated carbocycles. The lowest BCUT2D eigenvalue weighted by Gasteiger charge is -2.09. The van der Waals surface area contributed by atoms with E-state index in [1.807, 2.05) is 13.0 Å².